The molecule has 138 valence electrons. The molecule has 6 nitrogen and oxygen atoms in total. The summed E-state index contributed by atoms with van der Waals surface area (Å²) in [5.41, 5.74) is 0.184. The van der Waals surface area contributed by atoms with Gasteiger partial charge in [-0.05, 0) is 56.3 Å². The molecule has 2 aromatic rings. The molecule has 2 N–H and O–H groups in total. The maximum absolute atomic E-state index is 12.2. The first-order chi connectivity index (χ1) is 12.6. The average Bonchev–Trinajstić information content (AvgIpc) is 2.61. The summed E-state index contributed by atoms with van der Waals surface area (Å²) in [4.78, 5) is 21.4. The smallest absolute Gasteiger partial charge is 0.264 e. The van der Waals surface area contributed by atoms with E-state index >= 15 is 0 Å². The van der Waals surface area contributed by atoms with E-state index in [1.807, 2.05) is 0 Å². The molecular weight excluding hydrogens is 372 g/mol. The molecule has 2 heterocycles. The van der Waals surface area contributed by atoms with E-state index in [-0.39, 0.29) is 16.2 Å². The second kappa shape index (κ2) is 8.62. The molecule has 0 bridgehead atoms. The topological polar surface area (TPSA) is 73.6 Å². The molecule has 26 heavy (non-hydrogen) atoms. The number of H-pyrrole nitrogens is 1. The van der Waals surface area contributed by atoms with Gasteiger partial charge in [-0.15, -0.1) is 0 Å². The molecule has 8 heteroatoms. The standard InChI is InChI=1S/C18H21ClN4O2S/c19-13-5-4-6-14(11-13)23-17(25)15(16(24)21-18(23)26)12-20-7-10-22-8-2-1-3-9-22/h4-6,11-12,25H,1-3,7-10H2,(H,21,24,26). The lowest BCUT2D eigenvalue weighted by atomic mass is 10.1. The monoisotopic (exact) mass is 392 g/mol. The number of likely N-dealkylation sites (tertiary alicyclic amines) is 1. The van der Waals surface area contributed by atoms with Crippen LogP contribution in [-0.2, 0) is 0 Å². The predicted octanol–water partition coefficient (Wildman–Crippen LogP) is 3.16. The molecule has 0 spiro atoms. The van der Waals surface area contributed by atoms with Gasteiger partial charge in [0.1, 0.15) is 5.56 Å². The molecule has 0 amide bonds. The number of benzene rings is 1. The summed E-state index contributed by atoms with van der Waals surface area (Å²) in [5.74, 6) is -0.247. The van der Waals surface area contributed by atoms with Gasteiger partial charge in [0.15, 0.2) is 4.77 Å². The van der Waals surface area contributed by atoms with Gasteiger partial charge >= 0.3 is 0 Å². The van der Waals surface area contributed by atoms with Crippen LogP contribution in [0.4, 0.5) is 0 Å². The maximum Gasteiger partial charge on any atom is 0.264 e. The number of aromatic nitrogens is 2. The number of rotatable bonds is 5. The Hall–Kier alpha value is -1.96. The van der Waals surface area contributed by atoms with Gasteiger partial charge in [0.25, 0.3) is 5.56 Å². The zero-order valence-electron chi connectivity index (χ0n) is 14.3. The van der Waals surface area contributed by atoms with Crippen LogP contribution in [0.15, 0.2) is 34.1 Å². The van der Waals surface area contributed by atoms with Crippen molar-refractivity contribution in [2.75, 3.05) is 26.2 Å². The van der Waals surface area contributed by atoms with E-state index in [1.54, 1.807) is 24.3 Å². The minimum absolute atomic E-state index is 0.0808. The molecule has 3 rings (SSSR count). The molecule has 1 aromatic carbocycles. The maximum atomic E-state index is 12.2. The number of halogens is 1. The Balaban J connectivity index is 1.83. The minimum Gasteiger partial charge on any atom is -0.494 e. The van der Waals surface area contributed by atoms with Crippen molar-refractivity contribution in [2.45, 2.75) is 19.3 Å². The first kappa shape index (κ1) is 18.8. The Morgan fingerprint density at radius 1 is 1.31 bits per heavy atom. The van der Waals surface area contributed by atoms with Crippen LogP contribution in [0.2, 0.25) is 5.02 Å². The van der Waals surface area contributed by atoms with Gasteiger partial charge in [0, 0.05) is 17.8 Å². The number of piperidine rings is 1. The Labute approximate surface area is 161 Å². The Morgan fingerprint density at radius 3 is 2.81 bits per heavy atom. The zero-order chi connectivity index (χ0) is 18.5. The van der Waals surface area contributed by atoms with Crippen LogP contribution in [0.1, 0.15) is 24.8 Å². The van der Waals surface area contributed by atoms with Gasteiger partial charge < -0.3 is 10.0 Å². The van der Waals surface area contributed by atoms with Gasteiger partial charge in [-0.3, -0.25) is 19.3 Å². The van der Waals surface area contributed by atoms with Crippen molar-refractivity contribution in [1.29, 1.82) is 0 Å². The van der Waals surface area contributed by atoms with Crippen molar-refractivity contribution in [3.63, 3.8) is 0 Å². The van der Waals surface area contributed by atoms with E-state index in [0.717, 1.165) is 19.6 Å². The molecule has 1 saturated heterocycles. The Bertz CT molecular complexity index is 916. The van der Waals surface area contributed by atoms with Crippen molar-refractivity contribution in [3.8, 4) is 11.6 Å². The Morgan fingerprint density at radius 2 is 2.08 bits per heavy atom. The van der Waals surface area contributed by atoms with E-state index < -0.39 is 5.56 Å². The van der Waals surface area contributed by atoms with Gasteiger partial charge in [0.2, 0.25) is 5.88 Å². The zero-order valence-corrected chi connectivity index (χ0v) is 15.9. The third-order valence-corrected chi connectivity index (χ3v) is 4.92. The molecule has 0 atom stereocenters. The van der Waals surface area contributed by atoms with Crippen LogP contribution in [0.3, 0.4) is 0 Å². The van der Waals surface area contributed by atoms with Crippen LogP contribution in [0.25, 0.3) is 5.69 Å². The average molecular weight is 393 g/mol. The quantitative estimate of drug-likeness (QED) is 0.605. The molecule has 0 unspecified atom stereocenters. The summed E-state index contributed by atoms with van der Waals surface area (Å²) in [6.45, 7) is 3.62. The second-order valence-electron chi connectivity index (χ2n) is 6.25. The van der Waals surface area contributed by atoms with E-state index in [0.29, 0.717) is 17.3 Å². The van der Waals surface area contributed by atoms with Crippen LogP contribution in [-0.4, -0.2) is 52.0 Å². The lowest BCUT2D eigenvalue weighted by molar-refractivity contribution is 0.235. The highest BCUT2D eigenvalue weighted by Crippen LogP contribution is 2.21. The molecule has 0 aliphatic carbocycles. The molecule has 0 saturated carbocycles. The second-order valence-corrected chi connectivity index (χ2v) is 7.07. The number of nitrogens with zero attached hydrogens (tertiary/aromatic N) is 3. The minimum atomic E-state index is -0.465. The summed E-state index contributed by atoms with van der Waals surface area (Å²) < 4.78 is 1.47. The van der Waals surface area contributed by atoms with E-state index in [2.05, 4.69) is 14.9 Å². The molecular formula is C18H21ClN4O2S. The van der Waals surface area contributed by atoms with Crippen LogP contribution in [0, 0.1) is 4.77 Å². The van der Waals surface area contributed by atoms with Crippen LogP contribution in [0.5, 0.6) is 5.88 Å². The first-order valence-electron chi connectivity index (χ1n) is 8.62. The third-order valence-electron chi connectivity index (χ3n) is 4.40. The van der Waals surface area contributed by atoms with Crippen LogP contribution < -0.4 is 5.56 Å². The van der Waals surface area contributed by atoms with E-state index in [9.17, 15) is 9.90 Å². The predicted molar refractivity (Wildman–Crippen MR) is 107 cm³/mol. The van der Waals surface area contributed by atoms with Gasteiger partial charge in [0.05, 0.1) is 12.2 Å². The van der Waals surface area contributed by atoms with Gasteiger partial charge in [-0.25, -0.2) is 0 Å². The molecule has 1 aliphatic rings. The summed E-state index contributed by atoms with van der Waals surface area (Å²) in [5, 5.41) is 11.1. The van der Waals surface area contributed by atoms with E-state index in [1.165, 1.54) is 30.0 Å². The summed E-state index contributed by atoms with van der Waals surface area (Å²) in [7, 11) is 0. The number of aromatic hydroxyl groups is 1. The summed E-state index contributed by atoms with van der Waals surface area (Å²) in [6, 6.07) is 6.88. The molecule has 1 aromatic heterocycles. The normalized spacial score (nSPS) is 15.6. The highest BCUT2D eigenvalue weighted by Gasteiger charge is 2.13. The number of hydrogen-bond donors (Lipinski definition) is 2. The Kier molecular flexibility index (Phi) is 6.24. The third kappa shape index (κ3) is 4.41. The fourth-order valence-electron chi connectivity index (χ4n) is 3.05. The van der Waals surface area contributed by atoms with Crippen molar-refractivity contribution in [1.82, 2.24) is 14.5 Å². The number of nitrogens with one attached hydrogen (secondary N) is 1. The number of aliphatic imine (C=N–C) groups is 1. The van der Waals surface area contributed by atoms with Crippen molar-refractivity contribution < 1.29 is 5.11 Å². The number of aromatic amines is 1. The SMILES string of the molecule is O=c1[nH]c(=S)n(-c2cccc(Cl)c2)c(O)c1C=NCCN1CCCCC1. The summed E-state index contributed by atoms with van der Waals surface area (Å²) >= 11 is 11.2. The number of hydrogen-bond acceptors (Lipinski definition) is 5. The highest BCUT2D eigenvalue weighted by molar-refractivity contribution is 7.71. The van der Waals surface area contributed by atoms with Crippen molar-refractivity contribution in [2.24, 2.45) is 4.99 Å². The van der Waals surface area contributed by atoms with Crippen molar-refractivity contribution >= 4 is 30.0 Å². The van der Waals surface area contributed by atoms with Gasteiger partial charge in [-0.2, -0.15) is 0 Å². The lowest BCUT2D eigenvalue weighted by Gasteiger charge is -2.25. The largest absolute Gasteiger partial charge is 0.494 e. The van der Waals surface area contributed by atoms with Crippen molar-refractivity contribution in [3.05, 3.63) is 50.0 Å². The summed E-state index contributed by atoms with van der Waals surface area (Å²) in [6.07, 6.45) is 5.15. The fraction of sp³-hybridized carbons (Fsp3) is 0.389. The highest BCUT2D eigenvalue weighted by atomic mass is 35.5. The molecule has 1 fully saturated rings. The van der Waals surface area contributed by atoms with Crippen LogP contribution >= 0.6 is 23.8 Å². The first-order valence-corrected chi connectivity index (χ1v) is 9.41. The fourth-order valence-corrected chi connectivity index (χ4v) is 3.52. The van der Waals surface area contributed by atoms with Gasteiger partial charge in [-0.1, -0.05) is 24.1 Å². The van der Waals surface area contributed by atoms with E-state index in [4.69, 9.17) is 23.8 Å². The molecule has 0 radical (unpaired) electrons. The molecule has 1 aliphatic heterocycles. The lowest BCUT2D eigenvalue weighted by Crippen LogP contribution is -2.31.